The van der Waals surface area contributed by atoms with E-state index in [4.69, 9.17) is 4.74 Å². The number of aromatic hydroxyl groups is 1. The van der Waals surface area contributed by atoms with E-state index in [2.05, 4.69) is 15.6 Å². The van der Waals surface area contributed by atoms with Gasteiger partial charge >= 0.3 is 5.97 Å². The molecule has 0 spiro atoms. The zero-order valence-electron chi connectivity index (χ0n) is 25.1. The van der Waals surface area contributed by atoms with E-state index in [9.17, 15) is 24.6 Å². The summed E-state index contributed by atoms with van der Waals surface area (Å²) in [4.78, 5) is 43.8. The summed E-state index contributed by atoms with van der Waals surface area (Å²) in [5, 5.41) is 29.0. The lowest BCUT2D eigenvalue weighted by Crippen LogP contribution is -2.33. The van der Waals surface area contributed by atoms with Crippen LogP contribution in [0, 0.1) is 6.92 Å². The molecule has 0 aliphatic carbocycles. The SMILES string of the molecule is COc1cccc(CNc2ccc(CCC(C)NC(=O)c3cc(C(=O)O)cc(C(=O)N(C)Cc4nc(C)cs4)c3)cc2O)c1. The highest BCUT2D eigenvalue weighted by atomic mass is 32.1. The zero-order chi connectivity index (χ0) is 31.8. The van der Waals surface area contributed by atoms with Gasteiger partial charge in [-0.25, -0.2) is 9.78 Å². The quantitative estimate of drug-likeness (QED) is 0.144. The summed E-state index contributed by atoms with van der Waals surface area (Å²) in [6.45, 7) is 4.50. The van der Waals surface area contributed by atoms with Crippen molar-refractivity contribution in [1.82, 2.24) is 15.2 Å². The molecule has 1 unspecified atom stereocenters. The van der Waals surface area contributed by atoms with Gasteiger partial charge in [0.15, 0.2) is 0 Å². The van der Waals surface area contributed by atoms with Gasteiger partial charge in [0.2, 0.25) is 0 Å². The Morgan fingerprint density at radius 3 is 2.45 bits per heavy atom. The molecule has 1 heterocycles. The van der Waals surface area contributed by atoms with Crippen LogP contribution in [0.4, 0.5) is 5.69 Å². The molecule has 0 saturated carbocycles. The maximum absolute atomic E-state index is 13.1. The van der Waals surface area contributed by atoms with Crippen molar-refractivity contribution in [1.29, 1.82) is 0 Å². The van der Waals surface area contributed by atoms with E-state index in [1.165, 1.54) is 34.4 Å². The predicted molar refractivity (Wildman–Crippen MR) is 170 cm³/mol. The number of carbonyl (C=O) groups is 3. The van der Waals surface area contributed by atoms with Crippen molar-refractivity contribution in [2.24, 2.45) is 0 Å². The molecule has 0 saturated heterocycles. The maximum Gasteiger partial charge on any atom is 0.335 e. The van der Waals surface area contributed by atoms with Gasteiger partial charge in [-0.3, -0.25) is 9.59 Å². The molecule has 1 atom stereocenters. The van der Waals surface area contributed by atoms with Gasteiger partial charge in [-0.15, -0.1) is 11.3 Å². The van der Waals surface area contributed by atoms with Gasteiger partial charge in [0.25, 0.3) is 11.8 Å². The summed E-state index contributed by atoms with van der Waals surface area (Å²) in [6.07, 6.45) is 1.16. The first-order chi connectivity index (χ1) is 21.0. The first-order valence-electron chi connectivity index (χ1n) is 14.1. The first kappa shape index (κ1) is 32.0. The van der Waals surface area contributed by atoms with Crippen LogP contribution >= 0.6 is 11.3 Å². The van der Waals surface area contributed by atoms with Crippen LogP contribution in [0.25, 0.3) is 0 Å². The van der Waals surface area contributed by atoms with E-state index in [0.717, 1.165) is 27.6 Å². The number of anilines is 1. The number of phenolic OH excluding ortho intramolecular Hbond substituents is 1. The fraction of sp³-hybridized carbons (Fsp3) is 0.273. The van der Waals surface area contributed by atoms with Crippen LogP contribution < -0.4 is 15.4 Å². The summed E-state index contributed by atoms with van der Waals surface area (Å²) in [5.74, 6) is -1.24. The van der Waals surface area contributed by atoms with Crippen molar-refractivity contribution in [2.45, 2.75) is 45.8 Å². The Kier molecular flexibility index (Phi) is 10.6. The first-order valence-corrected chi connectivity index (χ1v) is 14.9. The number of carboxylic acids is 1. The standard InChI is InChI=1S/C33H36N4O6S/c1-20(8-9-22-10-11-28(29(38)13-22)34-17-23-6-5-7-27(12-23)43-4)36-31(39)24-14-25(16-26(15-24)33(41)42)32(40)37(3)18-30-35-21(2)19-44-30/h5-7,10-16,19-20,34,38H,8-9,17-18H2,1-4H3,(H,36,39)(H,41,42). The zero-order valence-corrected chi connectivity index (χ0v) is 25.9. The molecule has 3 aromatic carbocycles. The number of carbonyl (C=O) groups excluding carboxylic acids is 2. The lowest BCUT2D eigenvalue weighted by molar-refractivity contribution is 0.0696. The van der Waals surface area contributed by atoms with Crippen molar-refractivity contribution in [3.8, 4) is 11.5 Å². The molecule has 11 heteroatoms. The topological polar surface area (TPSA) is 141 Å². The second-order valence-electron chi connectivity index (χ2n) is 10.6. The van der Waals surface area contributed by atoms with Crippen LogP contribution in [0.2, 0.25) is 0 Å². The summed E-state index contributed by atoms with van der Waals surface area (Å²) in [6, 6.07) is 16.8. The monoisotopic (exact) mass is 616 g/mol. The number of nitrogens with one attached hydrogen (secondary N) is 2. The Bertz CT molecular complexity index is 1650. The molecular weight excluding hydrogens is 580 g/mol. The molecule has 4 aromatic rings. The van der Waals surface area contributed by atoms with Gasteiger partial charge in [-0.2, -0.15) is 0 Å². The van der Waals surface area contributed by atoms with Crippen LogP contribution in [-0.4, -0.2) is 58.1 Å². The number of aryl methyl sites for hydroxylation is 2. The second-order valence-corrected chi connectivity index (χ2v) is 11.6. The predicted octanol–water partition coefficient (Wildman–Crippen LogP) is 5.50. The third-order valence-corrected chi connectivity index (χ3v) is 7.95. The Labute approximate surface area is 260 Å². The summed E-state index contributed by atoms with van der Waals surface area (Å²) in [5.41, 5.74) is 3.42. The minimum Gasteiger partial charge on any atom is -0.506 e. The van der Waals surface area contributed by atoms with Crippen molar-refractivity contribution in [3.63, 3.8) is 0 Å². The van der Waals surface area contributed by atoms with E-state index < -0.39 is 17.8 Å². The number of benzene rings is 3. The van der Waals surface area contributed by atoms with Gasteiger partial charge < -0.3 is 30.5 Å². The Balaban J connectivity index is 1.35. The molecule has 0 radical (unpaired) electrons. The number of ether oxygens (including phenoxy) is 1. The van der Waals surface area contributed by atoms with Crippen molar-refractivity contribution < 1.29 is 29.3 Å². The lowest BCUT2D eigenvalue weighted by atomic mass is 10.0. The third-order valence-electron chi connectivity index (χ3n) is 7.00. The number of carboxylic acid groups (broad SMARTS) is 1. The van der Waals surface area contributed by atoms with E-state index in [1.807, 2.05) is 55.6 Å². The molecule has 0 aliphatic heterocycles. The summed E-state index contributed by atoms with van der Waals surface area (Å²) < 4.78 is 5.25. The third kappa shape index (κ3) is 8.57. The number of aromatic nitrogens is 1. The Hall–Kier alpha value is -4.90. The summed E-state index contributed by atoms with van der Waals surface area (Å²) in [7, 11) is 3.22. The average Bonchev–Trinajstić information content (AvgIpc) is 3.42. The largest absolute Gasteiger partial charge is 0.506 e. The van der Waals surface area contributed by atoms with Gasteiger partial charge in [0.1, 0.15) is 16.5 Å². The van der Waals surface area contributed by atoms with Crippen LogP contribution in [0.5, 0.6) is 11.5 Å². The normalized spacial score (nSPS) is 11.5. The lowest BCUT2D eigenvalue weighted by Gasteiger charge is -2.18. The maximum atomic E-state index is 13.1. The number of amides is 2. The van der Waals surface area contributed by atoms with Gasteiger partial charge in [-0.1, -0.05) is 18.2 Å². The van der Waals surface area contributed by atoms with Crippen LogP contribution in [0.1, 0.15) is 66.2 Å². The molecule has 230 valence electrons. The number of nitrogens with zero attached hydrogens (tertiary/aromatic N) is 2. The Morgan fingerprint density at radius 1 is 1.02 bits per heavy atom. The van der Waals surface area contributed by atoms with E-state index in [0.29, 0.717) is 25.1 Å². The van der Waals surface area contributed by atoms with E-state index in [-0.39, 0.29) is 35.0 Å². The summed E-state index contributed by atoms with van der Waals surface area (Å²) >= 11 is 1.44. The molecule has 1 aromatic heterocycles. The molecule has 0 bridgehead atoms. The number of hydrogen-bond acceptors (Lipinski definition) is 8. The van der Waals surface area contributed by atoms with Crippen LogP contribution in [0.3, 0.4) is 0 Å². The number of methoxy groups -OCH3 is 1. The van der Waals surface area contributed by atoms with Gasteiger partial charge in [0, 0.05) is 41.8 Å². The van der Waals surface area contributed by atoms with Crippen LogP contribution in [0.15, 0.2) is 66.0 Å². The highest BCUT2D eigenvalue weighted by Gasteiger charge is 2.20. The number of rotatable bonds is 13. The number of thiazole rings is 1. The molecule has 0 aliphatic rings. The molecular formula is C33H36N4O6S. The highest BCUT2D eigenvalue weighted by molar-refractivity contribution is 7.09. The molecule has 4 rings (SSSR count). The van der Waals surface area contributed by atoms with Crippen molar-refractivity contribution in [2.75, 3.05) is 19.5 Å². The minimum absolute atomic E-state index is 0.0858. The van der Waals surface area contributed by atoms with Crippen LogP contribution in [-0.2, 0) is 19.5 Å². The van der Waals surface area contributed by atoms with Crippen molar-refractivity contribution >= 4 is 34.8 Å². The fourth-order valence-corrected chi connectivity index (χ4v) is 5.42. The number of phenols is 1. The van der Waals surface area contributed by atoms with Gasteiger partial charge in [0.05, 0.1) is 24.9 Å². The Morgan fingerprint density at radius 2 is 1.77 bits per heavy atom. The van der Waals surface area contributed by atoms with E-state index in [1.54, 1.807) is 20.2 Å². The van der Waals surface area contributed by atoms with Gasteiger partial charge in [-0.05, 0) is 80.3 Å². The highest BCUT2D eigenvalue weighted by Crippen LogP contribution is 2.26. The second kappa shape index (κ2) is 14.5. The fourth-order valence-electron chi connectivity index (χ4n) is 4.60. The number of aromatic carboxylic acids is 1. The van der Waals surface area contributed by atoms with E-state index >= 15 is 0 Å². The van der Waals surface area contributed by atoms with Crippen molar-refractivity contribution in [3.05, 3.63) is 105 Å². The average molecular weight is 617 g/mol. The molecule has 2 amide bonds. The smallest absolute Gasteiger partial charge is 0.335 e. The molecule has 4 N–H and O–H groups in total. The molecule has 44 heavy (non-hydrogen) atoms. The molecule has 0 fully saturated rings. The number of hydrogen-bond donors (Lipinski definition) is 4. The minimum atomic E-state index is -1.24. The molecule has 10 nitrogen and oxygen atoms in total.